The largest absolute Gasteiger partial charge is 0.472 e. The Kier molecular flexibility index (Phi) is 65.5. The number of aliphatic hydroxyl groups excluding tert-OH is 1. The summed E-state index contributed by atoms with van der Waals surface area (Å²) in [6.45, 7) is 9.58. The molecule has 0 saturated heterocycles. The van der Waals surface area contributed by atoms with Crippen LogP contribution in [0.2, 0.25) is 0 Å². The third kappa shape index (κ3) is 68.6. The smallest absolute Gasteiger partial charge is 0.462 e. The first kappa shape index (κ1) is 92.1. The van der Waals surface area contributed by atoms with Crippen LogP contribution in [0.15, 0.2) is 0 Å². The fourth-order valence-corrected chi connectivity index (χ4v) is 13.1. The maximum atomic E-state index is 13.1. The van der Waals surface area contributed by atoms with E-state index in [9.17, 15) is 43.2 Å². The summed E-state index contributed by atoms with van der Waals surface area (Å²) in [5.74, 6) is -0.602. The molecule has 5 atom stereocenters. The molecule has 0 heterocycles. The minimum Gasteiger partial charge on any atom is -0.462 e. The van der Waals surface area contributed by atoms with E-state index in [4.69, 9.17) is 37.0 Å². The first-order chi connectivity index (χ1) is 45.4. The average Bonchev–Trinajstić information content (AvgIpc) is 2.18. The minimum atomic E-state index is -4.96. The Balaban J connectivity index is 5.26. The van der Waals surface area contributed by atoms with E-state index < -0.39 is 97.5 Å². The van der Waals surface area contributed by atoms with Crippen LogP contribution in [0.5, 0.6) is 0 Å². The van der Waals surface area contributed by atoms with Crippen molar-refractivity contribution in [3.8, 4) is 0 Å². The van der Waals surface area contributed by atoms with Gasteiger partial charge in [-0.25, -0.2) is 9.13 Å². The number of hydrogen-bond acceptors (Lipinski definition) is 15. The predicted molar refractivity (Wildman–Crippen MR) is 381 cm³/mol. The summed E-state index contributed by atoms with van der Waals surface area (Å²) in [5.41, 5.74) is 0. The van der Waals surface area contributed by atoms with E-state index in [1.54, 1.807) is 0 Å². The lowest BCUT2D eigenvalue weighted by Crippen LogP contribution is -2.30. The molecule has 0 rings (SSSR count). The maximum Gasteiger partial charge on any atom is 0.472 e. The molecule has 0 aliphatic carbocycles. The van der Waals surface area contributed by atoms with Crippen molar-refractivity contribution in [3.05, 3.63) is 0 Å². The highest BCUT2D eigenvalue weighted by Gasteiger charge is 2.30. The van der Waals surface area contributed by atoms with Gasteiger partial charge in [-0.2, -0.15) is 0 Å². The number of phosphoric ester groups is 2. The van der Waals surface area contributed by atoms with E-state index in [0.29, 0.717) is 25.7 Å². The Morgan fingerprint density at radius 1 is 0.287 bits per heavy atom. The molecule has 558 valence electrons. The van der Waals surface area contributed by atoms with Crippen LogP contribution in [0.4, 0.5) is 0 Å². The van der Waals surface area contributed by atoms with E-state index in [1.807, 2.05) is 0 Å². The normalized spacial score (nSPS) is 14.0. The number of ether oxygens (including phenoxy) is 4. The molecule has 0 fully saturated rings. The molecule has 2 unspecified atom stereocenters. The van der Waals surface area contributed by atoms with Crippen LogP contribution < -0.4 is 0 Å². The second kappa shape index (κ2) is 66.9. The van der Waals surface area contributed by atoms with E-state index in [0.717, 1.165) is 102 Å². The van der Waals surface area contributed by atoms with Crippen molar-refractivity contribution in [2.24, 2.45) is 11.8 Å². The van der Waals surface area contributed by atoms with Crippen molar-refractivity contribution in [2.45, 2.75) is 407 Å². The van der Waals surface area contributed by atoms with Crippen molar-refractivity contribution in [1.82, 2.24) is 0 Å². The Labute approximate surface area is 575 Å². The molecule has 0 saturated carbocycles. The lowest BCUT2D eigenvalue weighted by Gasteiger charge is -2.21. The maximum absolute atomic E-state index is 13.1. The molecule has 0 aromatic rings. The first-order valence-electron chi connectivity index (χ1n) is 39.0. The standard InChI is InChI=1S/C75H146O17P2/c1-7-9-11-13-15-17-19-21-25-28-32-39-45-51-57-72(77)85-63-70(91-75(80)60-54-48-42-34-30-26-22-24-27-31-37-43-49-55-67(3)4)65-89-93(81,82)87-61-69(76)62-88-94(83,84)90-66-71(64-86-73(78)58-52-46-40-36-35-38-44-50-56-68(5)6)92-74(79)59-53-47-41-33-29-23-20-18-16-14-12-10-8-2/h67-71,76H,7-66H2,1-6H3,(H,81,82)(H,83,84)/t69-,70-,71-/m1/s1. The Bertz CT molecular complexity index is 1820. The number of carbonyl (C=O) groups is 4. The minimum absolute atomic E-state index is 0.107. The molecule has 0 amide bonds. The zero-order valence-electron chi connectivity index (χ0n) is 61.3. The molecule has 17 nitrogen and oxygen atoms in total. The van der Waals surface area contributed by atoms with Gasteiger partial charge >= 0.3 is 39.5 Å². The molecule has 0 aromatic carbocycles. The molecule has 0 aromatic heterocycles. The lowest BCUT2D eigenvalue weighted by molar-refractivity contribution is -0.161. The molecular formula is C75H146O17P2. The molecule has 0 aliphatic heterocycles. The molecule has 3 N–H and O–H groups in total. The number of carbonyl (C=O) groups excluding carboxylic acids is 4. The second-order valence-electron chi connectivity index (χ2n) is 28.0. The van der Waals surface area contributed by atoms with Crippen molar-refractivity contribution in [1.29, 1.82) is 0 Å². The van der Waals surface area contributed by atoms with Crippen LogP contribution in [-0.4, -0.2) is 96.7 Å². The third-order valence-corrected chi connectivity index (χ3v) is 19.4. The van der Waals surface area contributed by atoms with Gasteiger partial charge in [-0.3, -0.25) is 37.3 Å². The van der Waals surface area contributed by atoms with Gasteiger partial charge < -0.3 is 33.8 Å². The number of esters is 4. The number of phosphoric acid groups is 2. The summed E-state index contributed by atoms with van der Waals surface area (Å²) >= 11 is 0. The average molecular weight is 1380 g/mol. The molecule has 19 heteroatoms. The van der Waals surface area contributed by atoms with E-state index >= 15 is 0 Å². The molecule has 0 radical (unpaired) electrons. The van der Waals surface area contributed by atoms with Gasteiger partial charge in [0.1, 0.15) is 19.3 Å². The van der Waals surface area contributed by atoms with Crippen molar-refractivity contribution >= 4 is 39.5 Å². The van der Waals surface area contributed by atoms with Gasteiger partial charge in [-0.15, -0.1) is 0 Å². The van der Waals surface area contributed by atoms with E-state index in [2.05, 4.69) is 41.5 Å². The molecule has 0 spiro atoms. The van der Waals surface area contributed by atoms with Crippen molar-refractivity contribution in [3.63, 3.8) is 0 Å². The van der Waals surface area contributed by atoms with Gasteiger partial charge in [0, 0.05) is 25.7 Å². The number of aliphatic hydroxyl groups is 1. The number of hydrogen-bond donors (Lipinski definition) is 3. The molecule has 0 aliphatic rings. The summed E-state index contributed by atoms with van der Waals surface area (Å²) in [7, 11) is -9.91. The summed E-state index contributed by atoms with van der Waals surface area (Å²) in [6.07, 6.45) is 54.0. The summed E-state index contributed by atoms with van der Waals surface area (Å²) < 4.78 is 68.5. The van der Waals surface area contributed by atoms with Crippen LogP contribution in [0.25, 0.3) is 0 Å². The Hall–Kier alpha value is -1.94. The van der Waals surface area contributed by atoms with Crippen LogP contribution in [0, 0.1) is 11.8 Å². The Morgan fingerprint density at radius 3 is 0.723 bits per heavy atom. The van der Waals surface area contributed by atoms with Crippen LogP contribution in [0.3, 0.4) is 0 Å². The predicted octanol–water partition coefficient (Wildman–Crippen LogP) is 21.9. The number of unbranched alkanes of at least 4 members (excludes halogenated alkanes) is 44. The highest BCUT2D eigenvalue weighted by molar-refractivity contribution is 7.47. The molecule has 94 heavy (non-hydrogen) atoms. The quantitative estimate of drug-likeness (QED) is 0.0222. The summed E-state index contributed by atoms with van der Waals surface area (Å²) in [6, 6.07) is 0. The zero-order chi connectivity index (χ0) is 69.3. The lowest BCUT2D eigenvalue weighted by atomic mass is 10.0. The van der Waals surface area contributed by atoms with Crippen LogP contribution in [0.1, 0.15) is 388 Å². The monoisotopic (exact) mass is 1380 g/mol. The topological polar surface area (TPSA) is 237 Å². The van der Waals surface area contributed by atoms with Crippen molar-refractivity contribution < 1.29 is 80.2 Å². The van der Waals surface area contributed by atoms with Gasteiger partial charge in [0.05, 0.1) is 26.4 Å². The Morgan fingerprint density at radius 2 is 0.489 bits per heavy atom. The number of rotatable bonds is 74. The molecule has 0 bridgehead atoms. The van der Waals surface area contributed by atoms with Gasteiger partial charge in [0.25, 0.3) is 0 Å². The molecular weight excluding hydrogens is 1230 g/mol. The van der Waals surface area contributed by atoms with Gasteiger partial charge in [0.2, 0.25) is 0 Å². The SMILES string of the molecule is CCCCCCCCCCCCCCCCC(=O)OC[C@H](COP(=O)(O)OC[C@@H](O)COP(=O)(O)OC[C@@H](COC(=O)CCCCCCCCCCC(C)C)OC(=O)CCCCCCCCCCCCCCC)OC(=O)CCCCCCCCCCCCCCCC(C)C. The fourth-order valence-electron chi connectivity index (χ4n) is 11.5. The summed E-state index contributed by atoms with van der Waals surface area (Å²) in [4.78, 5) is 72.8. The highest BCUT2D eigenvalue weighted by Crippen LogP contribution is 2.45. The second-order valence-corrected chi connectivity index (χ2v) is 30.9. The third-order valence-electron chi connectivity index (χ3n) is 17.5. The fraction of sp³-hybridized carbons (Fsp3) is 0.947. The van der Waals surface area contributed by atoms with Crippen molar-refractivity contribution in [2.75, 3.05) is 39.6 Å². The summed E-state index contributed by atoms with van der Waals surface area (Å²) in [5, 5.41) is 10.6. The zero-order valence-corrected chi connectivity index (χ0v) is 63.1. The van der Waals surface area contributed by atoms with E-state index in [1.165, 1.54) is 205 Å². The highest BCUT2D eigenvalue weighted by atomic mass is 31.2. The van der Waals surface area contributed by atoms with Crippen LogP contribution >= 0.6 is 15.6 Å². The van der Waals surface area contributed by atoms with Gasteiger partial charge in [-0.05, 0) is 37.5 Å². The van der Waals surface area contributed by atoms with Crippen LogP contribution in [-0.2, 0) is 65.4 Å². The van der Waals surface area contributed by atoms with Gasteiger partial charge in [0.15, 0.2) is 12.2 Å². The van der Waals surface area contributed by atoms with Gasteiger partial charge in [-0.1, -0.05) is 337 Å². The first-order valence-corrected chi connectivity index (χ1v) is 42.0. The van der Waals surface area contributed by atoms with E-state index in [-0.39, 0.29) is 25.7 Å².